The van der Waals surface area contributed by atoms with Crippen LogP contribution in [0.3, 0.4) is 0 Å². The van der Waals surface area contributed by atoms with Crippen molar-refractivity contribution in [2.75, 3.05) is 25.0 Å². The van der Waals surface area contributed by atoms with Gasteiger partial charge in [-0.05, 0) is 29.3 Å². The Morgan fingerprint density at radius 3 is 2.63 bits per heavy atom. The highest BCUT2D eigenvalue weighted by atomic mass is 16.2. The number of likely N-dealkylation sites (N-methyl/N-ethyl adjacent to an activating group) is 1. The predicted molar refractivity (Wildman–Crippen MR) is 80.5 cm³/mol. The smallest absolute Gasteiger partial charge is 0.239 e. The number of nitrogens with one attached hydrogen (secondary N) is 1. The van der Waals surface area contributed by atoms with Gasteiger partial charge in [-0.1, -0.05) is 37.3 Å². The topological polar surface area (TPSA) is 32.3 Å². The van der Waals surface area contributed by atoms with Crippen LogP contribution >= 0.6 is 0 Å². The molecule has 0 spiro atoms. The normalized spacial score (nSPS) is 10.4. The van der Waals surface area contributed by atoms with Crippen LogP contribution in [0.4, 0.5) is 5.69 Å². The lowest BCUT2D eigenvalue weighted by atomic mass is 10.1. The summed E-state index contributed by atoms with van der Waals surface area (Å²) >= 11 is 0. The molecule has 3 heteroatoms. The summed E-state index contributed by atoms with van der Waals surface area (Å²) in [6.07, 6.45) is 0.964. The molecule has 0 unspecified atom stereocenters. The van der Waals surface area contributed by atoms with Crippen molar-refractivity contribution in [1.29, 1.82) is 0 Å². The lowest BCUT2D eigenvalue weighted by molar-refractivity contribution is -0.119. The predicted octanol–water partition coefficient (Wildman–Crippen LogP) is 2.80. The quantitative estimate of drug-likeness (QED) is 0.892. The van der Waals surface area contributed by atoms with E-state index in [-0.39, 0.29) is 5.91 Å². The van der Waals surface area contributed by atoms with E-state index in [2.05, 4.69) is 35.6 Å². The molecule has 1 N–H and O–H groups in total. The van der Waals surface area contributed by atoms with Crippen LogP contribution in [-0.4, -0.2) is 26.0 Å². The molecule has 0 aliphatic rings. The van der Waals surface area contributed by atoms with Crippen LogP contribution in [-0.2, 0) is 4.79 Å². The van der Waals surface area contributed by atoms with E-state index in [1.807, 2.05) is 31.0 Å². The summed E-state index contributed by atoms with van der Waals surface area (Å²) in [5.74, 6) is 0.0671. The molecule has 100 valence electrons. The maximum atomic E-state index is 11.7. The van der Waals surface area contributed by atoms with Crippen LogP contribution in [0.15, 0.2) is 42.5 Å². The zero-order valence-corrected chi connectivity index (χ0v) is 11.5. The van der Waals surface area contributed by atoms with Crippen molar-refractivity contribution in [2.45, 2.75) is 13.3 Å². The Morgan fingerprint density at radius 1 is 1.16 bits per heavy atom. The number of nitrogens with zero attached hydrogens (tertiary/aromatic N) is 1. The summed E-state index contributed by atoms with van der Waals surface area (Å²) in [6.45, 7) is 3.18. The second-order valence-electron chi connectivity index (χ2n) is 4.74. The summed E-state index contributed by atoms with van der Waals surface area (Å²) in [4.78, 5) is 13.7. The third-order valence-electron chi connectivity index (χ3n) is 3.13. The molecule has 0 atom stereocenters. The molecule has 0 heterocycles. The van der Waals surface area contributed by atoms with E-state index in [1.54, 1.807) is 0 Å². The number of hydrogen-bond donors (Lipinski definition) is 1. The number of hydrogen-bond acceptors (Lipinski definition) is 2. The fraction of sp³-hybridized carbons (Fsp3) is 0.312. The van der Waals surface area contributed by atoms with Crippen LogP contribution in [0.1, 0.15) is 13.3 Å². The number of benzene rings is 2. The van der Waals surface area contributed by atoms with Crippen LogP contribution in [0, 0.1) is 0 Å². The minimum Gasteiger partial charge on any atom is -0.365 e. The first-order chi connectivity index (χ1) is 9.20. The van der Waals surface area contributed by atoms with E-state index >= 15 is 0 Å². The van der Waals surface area contributed by atoms with Gasteiger partial charge in [0.05, 0.1) is 6.54 Å². The van der Waals surface area contributed by atoms with Crippen molar-refractivity contribution in [2.24, 2.45) is 0 Å². The SMILES string of the molecule is CCCNC(=O)CN(C)c1ccc2ccccc2c1. The minimum absolute atomic E-state index is 0.0671. The van der Waals surface area contributed by atoms with Crippen LogP contribution in [0.5, 0.6) is 0 Å². The highest BCUT2D eigenvalue weighted by molar-refractivity contribution is 5.87. The standard InChI is InChI=1S/C16H20N2O/c1-3-10-17-16(19)12-18(2)15-9-8-13-6-4-5-7-14(13)11-15/h4-9,11H,3,10,12H2,1-2H3,(H,17,19). The van der Waals surface area contributed by atoms with E-state index in [0.717, 1.165) is 18.7 Å². The molecule has 0 aliphatic carbocycles. The van der Waals surface area contributed by atoms with Gasteiger partial charge in [0.15, 0.2) is 0 Å². The molecule has 0 fully saturated rings. The Balaban J connectivity index is 2.08. The lowest BCUT2D eigenvalue weighted by Crippen LogP contribution is -2.35. The highest BCUT2D eigenvalue weighted by Crippen LogP contribution is 2.20. The van der Waals surface area contributed by atoms with Gasteiger partial charge in [-0.2, -0.15) is 0 Å². The van der Waals surface area contributed by atoms with Crippen LogP contribution in [0.2, 0.25) is 0 Å². The van der Waals surface area contributed by atoms with Crippen molar-refractivity contribution in [1.82, 2.24) is 5.32 Å². The van der Waals surface area contributed by atoms with Gasteiger partial charge in [0.1, 0.15) is 0 Å². The molecular formula is C16H20N2O. The minimum atomic E-state index is 0.0671. The maximum Gasteiger partial charge on any atom is 0.239 e. The molecule has 19 heavy (non-hydrogen) atoms. The molecule has 2 rings (SSSR count). The molecule has 0 radical (unpaired) electrons. The van der Waals surface area contributed by atoms with E-state index < -0.39 is 0 Å². The molecule has 2 aromatic rings. The Hall–Kier alpha value is -2.03. The molecule has 1 amide bonds. The van der Waals surface area contributed by atoms with Gasteiger partial charge in [0, 0.05) is 19.3 Å². The summed E-state index contributed by atoms with van der Waals surface area (Å²) in [5, 5.41) is 5.30. The van der Waals surface area contributed by atoms with Gasteiger partial charge in [-0.25, -0.2) is 0 Å². The summed E-state index contributed by atoms with van der Waals surface area (Å²) in [5.41, 5.74) is 1.06. The number of anilines is 1. The van der Waals surface area contributed by atoms with Crippen molar-refractivity contribution in [3.8, 4) is 0 Å². The number of rotatable bonds is 5. The van der Waals surface area contributed by atoms with Crippen LogP contribution < -0.4 is 10.2 Å². The van der Waals surface area contributed by atoms with Crippen molar-refractivity contribution >= 4 is 22.4 Å². The Kier molecular flexibility index (Phi) is 4.39. The molecule has 2 aromatic carbocycles. The zero-order chi connectivity index (χ0) is 13.7. The maximum absolute atomic E-state index is 11.7. The molecule has 3 nitrogen and oxygen atoms in total. The number of carbonyl (C=O) groups excluding carboxylic acids is 1. The molecule has 0 aromatic heterocycles. The van der Waals surface area contributed by atoms with Gasteiger partial charge < -0.3 is 10.2 Å². The van der Waals surface area contributed by atoms with Gasteiger partial charge in [0.2, 0.25) is 5.91 Å². The first-order valence-electron chi connectivity index (χ1n) is 6.67. The number of fused-ring (bicyclic) bond motifs is 1. The van der Waals surface area contributed by atoms with E-state index in [0.29, 0.717) is 6.54 Å². The molecule has 0 saturated carbocycles. The third-order valence-corrected chi connectivity index (χ3v) is 3.13. The third kappa shape index (κ3) is 3.47. The second kappa shape index (κ2) is 6.23. The molecule has 0 aliphatic heterocycles. The van der Waals surface area contributed by atoms with E-state index in [4.69, 9.17) is 0 Å². The average molecular weight is 256 g/mol. The highest BCUT2D eigenvalue weighted by Gasteiger charge is 2.07. The molecule has 0 bridgehead atoms. The summed E-state index contributed by atoms with van der Waals surface area (Å²) in [7, 11) is 1.94. The van der Waals surface area contributed by atoms with Gasteiger partial charge in [-0.3, -0.25) is 4.79 Å². The number of carbonyl (C=O) groups is 1. The fourth-order valence-corrected chi connectivity index (χ4v) is 2.04. The van der Waals surface area contributed by atoms with Gasteiger partial charge in [-0.15, -0.1) is 0 Å². The first kappa shape index (κ1) is 13.4. The zero-order valence-electron chi connectivity index (χ0n) is 11.5. The van der Waals surface area contributed by atoms with Gasteiger partial charge in [0.25, 0.3) is 0 Å². The van der Waals surface area contributed by atoms with Gasteiger partial charge >= 0.3 is 0 Å². The van der Waals surface area contributed by atoms with Crippen LogP contribution in [0.25, 0.3) is 10.8 Å². The molecular weight excluding hydrogens is 236 g/mol. The fourth-order valence-electron chi connectivity index (χ4n) is 2.04. The number of amides is 1. The first-order valence-corrected chi connectivity index (χ1v) is 6.67. The molecule has 0 saturated heterocycles. The Morgan fingerprint density at radius 2 is 1.89 bits per heavy atom. The van der Waals surface area contributed by atoms with Crippen molar-refractivity contribution < 1.29 is 4.79 Å². The summed E-state index contributed by atoms with van der Waals surface area (Å²) in [6, 6.07) is 14.5. The average Bonchev–Trinajstić information content (AvgIpc) is 2.44. The largest absolute Gasteiger partial charge is 0.365 e. The second-order valence-corrected chi connectivity index (χ2v) is 4.74. The Labute approximate surface area is 114 Å². The van der Waals surface area contributed by atoms with E-state index in [9.17, 15) is 4.79 Å². The monoisotopic (exact) mass is 256 g/mol. The van der Waals surface area contributed by atoms with Crippen molar-refractivity contribution in [3.05, 3.63) is 42.5 Å². The Bertz CT molecular complexity index is 565. The summed E-state index contributed by atoms with van der Waals surface area (Å²) < 4.78 is 0. The van der Waals surface area contributed by atoms with E-state index in [1.165, 1.54) is 10.8 Å². The lowest BCUT2D eigenvalue weighted by Gasteiger charge is -2.19. The van der Waals surface area contributed by atoms with Crippen molar-refractivity contribution in [3.63, 3.8) is 0 Å².